The molecule has 1 aromatic heterocycles. The van der Waals surface area contributed by atoms with Crippen molar-refractivity contribution >= 4 is 41.1 Å². The van der Waals surface area contributed by atoms with E-state index in [2.05, 4.69) is 15.0 Å². The van der Waals surface area contributed by atoms with Crippen LogP contribution in [-0.4, -0.2) is 58.7 Å². The summed E-state index contributed by atoms with van der Waals surface area (Å²) >= 11 is 11.9. The molecule has 10 heteroatoms. The van der Waals surface area contributed by atoms with Crippen LogP contribution in [0, 0.1) is 5.92 Å². The zero-order chi connectivity index (χ0) is 19.9. The largest absolute Gasteiger partial charge is 0.505 e. The molecule has 2 N–H and O–H groups in total. The number of ether oxygens (including phenoxy) is 2. The highest BCUT2D eigenvalue weighted by atomic mass is 35.5. The third-order valence-corrected chi connectivity index (χ3v) is 3.81. The van der Waals surface area contributed by atoms with E-state index >= 15 is 0 Å². The summed E-state index contributed by atoms with van der Waals surface area (Å²) in [6, 6.07) is -0.465. The van der Waals surface area contributed by atoms with Gasteiger partial charge < -0.3 is 19.7 Å². The van der Waals surface area contributed by atoms with Crippen molar-refractivity contribution < 1.29 is 24.5 Å². The molecule has 0 amide bonds. The lowest BCUT2D eigenvalue weighted by Crippen LogP contribution is -2.19. The second kappa shape index (κ2) is 10.3. The predicted molar refractivity (Wildman–Crippen MR) is 99.0 cm³/mol. The van der Waals surface area contributed by atoms with Gasteiger partial charge in [0.15, 0.2) is 16.1 Å². The monoisotopic (exact) mass is 405 g/mol. The number of carbonyl (C=O) groups excluding carboxylic acids is 1. The third kappa shape index (κ3) is 5.55. The van der Waals surface area contributed by atoms with Gasteiger partial charge in [-0.25, -0.2) is 9.78 Å². The first-order chi connectivity index (χ1) is 12.3. The summed E-state index contributed by atoms with van der Waals surface area (Å²) in [6.45, 7) is 5.19. The van der Waals surface area contributed by atoms with E-state index in [1.165, 1.54) is 7.11 Å². The molecule has 0 bridgehead atoms. The summed E-state index contributed by atoms with van der Waals surface area (Å²) in [4.78, 5) is 24.1. The van der Waals surface area contributed by atoms with Crippen LogP contribution >= 0.6 is 23.2 Å². The van der Waals surface area contributed by atoms with Crippen molar-refractivity contribution in [3.8, 4) is 5.88 Å². The summed E-state index contributed by atoms with van der Waals surface area (Å²) in [6.07, 6.45) is 1.12. The van der Waals surface area contributed by atoms with Crippen molar-refractivity contribution in [2.24, 2.45) is 10.9 Å². The van der Waals surface area contributed by atoms with E-state index in [-0.39, 0.29) is 46.6 Å². The van der Waals surface area contributed by atoms with Crippen LogP contribution in [-0.2, 0) is 9.53 Å². The zero-order valence-electron chi connectivity index (χ0n) is 14.9. The molecule has 0 aliphatic carbocycles. The molecule has 8 nitrogen and oxygen atoms in total. The fourth-order valence-corrected chi connectivity index (χ4v) is 2.22. The summed E-state index contributed by atoms with van der Waals surface area (Å²) in [5.74, 6) is -1.45. The highest BCUT2D eigenvalue weighted by molar-refractivity contribution is 6.33. The number of nitrogens with zero attached hydrogens (tertiary/aromatic N) is 3. The number of carbonyl (C=O) groups is 1. The number of aliphatic hydroxyl groups is 2. The third-order valence-electron chi connectivity index (χ3n) is 3.30. The summed E-state index contributed by atoms with van der Waals surface area (Å²) in [5, 5.41) is 19.5. The van der Waals surface area contributed by atoms with E-state index in [9.17, 15) is 15.0 Å². The number of aromatic nitrogens is 2. The van der Waals surface area contributed by atoms with E-state index < -0.39 is 17.8 Å². The maximum atomic E-state index is 12.2. The second-order valence-corrected chi connectivity index (χ2v) is 6.13. The van der Waals surface area contributed by atoms with Gasteiger partial charge in [-0.05, 0) is 12.8 Å². The lowest BCUT2D eigenvalue weighted by Gasteiger charge is -2.13. The maximum Gasteiger partial charge on any atom is 0.343 e. The minimum atomic E-state index is -0.834. The quantitative estimate of drug-likeness (QED) is 0.295. The Morgan fingerprint density at radius 3 is 2.46 bits per heavy atom. The first-order valence-electron chi connectivity index (χ1n) is 7.78. The first-order valence-corrected chi connectivity index (χ1v) is 8.54. The molecule has 144 valence electrons. The van der Waals surface area contributed by atoms with Crippen LogP contribution in [0.15, 0.2) is 10.6 Å². The Kier molecular flexibility index (Phi) is 8.77. The summed E-state index contributed by atoms with van der Waals surface area (Å²) in [7, 11) is 1.33. The van der Waals surface area contributed by atoms with E-state index in [1.807, 2.05) is 13.8 Å². The van der Waals surface area contributed by atoms with Crippen molar-refractivity contribution in [2.45, 2.75) is 26.8 Å². The lowest BCUT2D eigenvalue weighted by molar-refractivity contribution is -0.137. The maximum absolute atomic E-state index is 12.2. The van der Waals surface area contributed by atoms with Gasteiger partial charge >= 0.3 is 5.97 Å². The van der Waals surface area contributed by atoms with Crippen LogP contribution in [0.5, 0.6) is 5.88 Å². The van der Waals surface area contributed by atoms with Gasteiger partial charge in [-0.2, -0.15) is 4.98 Å². The molecule has 1 heterocycles. The predicted octanol–water partition coefficient (Wildman–Crippen LogP) is 2.71. The van der Waals surface area contributed by atoms with E-state index in [0.717, 1.165) is 6.21 Å². The van der Waals surface area contributed by atoms with Crippen LogP contribution in [0.2, 0.25) is 10.3 Å². The highest BCUT2D eigenvalue weighted by Crippen LogP contribution is 2.28. The smallest absolute Gasteiger partial charge is 0.343 e. The Morgan fingerprint density at radius 2 is 1.96 bits per heavy atom. The normalized spacial score (nSPS) is 13.7. The zero-order valence-corrected chi connectivity index (χ0v) is 16.4. The number of methoxy groups -OCH3 is 1. The van der Waals surface area contributed by atoms with Gasteiger partial charge in [0.25, 0.3) is 5.88 Å². The first kappa shape index (κ1) is 22.1. The Labute approximate surface area is 161 Å². The van der Waals surface area contributed by atoms with Gasteiger partial charge in [-0.3, -0.25) is 4.99 Å². The van der Waals surface area contributed by atoms with Gasteiger partial charge in [0.05, 0.1) is 26.4 Å². The minimum Gasteiger partial charge on any atom is -0.505 e. The second-order valence-electron chi connectivity index (χ2n) is 5.42. The van der Waals surface area contributed by atoms with Crippen molar-refractivity contribution in [3.05, 3.63) is 21.6 Å². The van der Waals surface area contributed by atoms with Crippen LogP contribution in [0.25, 0.3) is 5.76 Å². The molecule has 0 saturated heterocycles. The molecule has 0 aliphatic heterocycles. The molecule has 0 saturated carbocycles. The molecular weight excluding hydrogens is 385 g/mol. The molecule has 26 heavy (non-hydrogen) atoms. The topological polar surface area (TPSA) is 114 Å². The van der Waals surface area contributed by atoms with Crippen LogP contribution in [0.1, 0.15) is 26.5 Å². The molecule has 1 aromatic rings. The fraction of sp³-hybridized carbons (Fsp3) is 0.500. The molecule has 0 spiro atoms. The van der Waals surface area contributed by atoms with E-state index in [1.54, 1.807) is 6.92 Å². The number of aliphatic hydroxyl groups excluding tert-OH is 2. The standard InChI is InChI=1S/C16H21Cl2N3O5/c1-5-26-16(24)9(6-19-10(7-22)8(2)3)12(23)11-13(17)21-15(25-4)14(18)20-11/h6,8,10,22-23H,5,7H2,1-4H3/t10-/m1/s1. The van der Waals surface area contributed by atoms with Gasteiger partial charge in [-0.1, -0.05) is 37.0 Å². The van der Waals surface area contributed by atoms with Gasteiger partial charge in [-0.15, -0.1) is 0 Å². The molecule has 0 aromatic carbocycles. The number of hydrogen-bond acceptors (Lipinski definition) is 8. The molecular formula is C16H21Cl2N3O5. The minimum absolute atomic E-state index is 0.0145. The van der Waals surface area contributed by atoms with Crippen molar-refractivity contribution in [1.29, 1.82) is 0 Å². The number of hydrogen-bond donors (Lipinski definition) is 2. The average Bonchev–Trinajstić information content (AvgIpc) is 2.59. The molecule has 1 atom stereocenters. The van der Waals surface area contributed by atoms with Crippen molar-refractivity contribution in [3.63, 3.8) is 0 Å². The van der Waals surface area contributed by atoms with Gasteiger partial charge in [0, 0.05) is 6.21 Å². The number of rotatable bonds is 8. The van der Waals surface area contributed by atoms with Crippen LogP contribution in [0.4, 0.5) is 0 Å². The van der Waals surface area contributed by atoms with Gasteiger partial charge in [0.1, 0.15) is 11.3 Å². The Bertz CT molecular complexity index is 707. The van der Waals surface area contributed by atoms with E-state index in [0.29, 0.717) is 0 Å². The van der Waals surface area contributed by atoms with Crippen molar-refractivity contribution in [1.82, 2.24) is 9.97 Å². The summed E-state index contributed by atoms with van der Waals surface area (Å²) < 4.78 is 9.82. The Morgan fingerprint density at radius 1 is 1.31 bits per heavy atom. The van der Waals surface area contributed by atoms with Crippen LogP contribution in [0.3, 0.4) is 0 Å². The van der Waals surface area contributed by atoms with Crippen LogP contribution < -0.4 is 4.74 Å². The molecule has 0 unspecified atom stereocenters. The number of esters is 1. The molecule has 0 aliphatic rings. The molecule has 1 rings (SSSR count). The number of aliphatic imine (C=N–C) groups is 1. The molecule has 0 fully saturated rings. The fourth-order valence-electron chi connectivity index (χ4n) is 1.81. The van der Waals surface area contributed by atoms with E-state index in [4.69, 9.17) is 32.7 Å². The Hall–Kier alpha value is -1.90. The summed E-state index contributed by atoms with van der Waals surface area (Å²) in [5.41, 5.74) is -0.513. The Balaban J connectivity index is 3.46. The van der Waals surface area contributed by atoms with Gasteiger partial charge in [0.2, 0.25) is 0 Å². The average molecular weight is 406 g/mol. The number of halogens is 2. The lowest BCUT2D eigenvalue weighted by atomic mass is 10.1. The SMILES string of the molecule is CCOC(=O)C(C=N[C@H](CO)C(C)C)=C(O)c1nc(Cl)c(OC)nc1Cl. The highest BCUT2D eigenvalue weighted by Gasteiger charge is 2.22. The molecule has 0 radical (unpaired) electrons. The van der Waals surface area contributed by atoms with Crippen molar-refractivity contribution in [2.75, 3.05) is 20.3 Å².